The van der Waals surface area contributed by atoms with E-state index in [4.69, 9.17) is 4.74 Å². The number of carbonyl (C=O) groups is 1. The molecule has 60 valence electrons. The van der Waals surface area contributed by atoms with Gasteiger partial charge in [-0.25, -0.2) is 0 Å². The first-order chi connectivity index (χ1) is 5.09. The Kier molecular flexibility index (Phi) is 1.25. The summed E-state index contributed by atoms with van der Waals surface area (Å²) in [5.41, 5.74) is -0.183. The molecule has 2 atom stereocenters. The molecular formula is C9H12O2. The van der Waals surface area contributed by atoms with E-state index in [-0.39, 0.29) is 23.4 Å². The van der Waals surface area contributed by atoms with Gasteiger partial charge in [0.05, 0.1) is 6.10 Å². The second-order valence-corrected chi connectivity index (χ2v) is 3.93. The van der Waals surface area contributed by atoms with Crippen LogP contribution in [0.1, 0.15) is 20.3 Å². The van der Waals surface area contributed by atoms with E-state index < -0.39 is 0 Å². The van der Waals surface area contributed by atoms with E-state index in [0.29, 0.717) is 0 Å². The molecule has 0 radical (unpaired) electrons. The highest BCUT2D eigenvalue weighted by Gasteiger charge is 2.43. The van der Waals surface area contributed by atoms with Gasteiger partial charge in [-0.1, -0.05) is 19.9 Å². The molecule has 2 heteroatoms. The molecule has 0 aromatic carbocycles. The molecule has 0 saturated carbocycles. The molecule has 2 aliphatic rings. The van der Waals surface area contributed by atoms with E-state index >= 15 is 0 Å². The molecule has 2 heterocycles. The van der Waals surface area contributed by atoms with Crippen molar-refractivity contribution in [2.24, 2.45) is 5.41 Å². The van der Waals surface area contributed by atoms with E-state index in [9.17, 15) is 4.79 Å². The Bertz CT molecular complexity index is 228. The van der Waals surface area contributed by atoms with Crippen LogP contribution in [0.3, 0.4) is 0 Å². The van der Waals surface area contributed by atoms with Gasteiger partial charge in [0, 0.05) is 5.41 Å². The molecule has 2 rings (SSSR count). The molecule has 1 saturated heterocycles. The SMILES string of the molecule is CC1(C)CC2C=CC(O2)C1=O. The van der Waals surface area contributed by atoms with Crippen LogP contribution in [0.5, 0.6) is 0 Å². The second kappa shape index (κ2) is 1.95. The lowest BCUT2D eigenvalue weighted by atomic mass is 9.80. The van der Waals surface area contributed by atoms with Gasteiger partial charge in [0.25, 0.3) is 0 Å². The number of fused-ring (bicyclic) bond motifs is 2. The maximum atomic E-state index is 11.5. The number of rotatable bonds is 0. The topological polar surface area (TPSA) is 26.3 Å². The number of ether oxygens (including phenoxy) is 1. The van der Waals surface area contributed by atoms with Gasteiger partial charge in [-0.2, -0.15) is 0 Å². The minimum absolute atomic E-state index is 0.183. The van der Waals surface area contributed by atoms with Gasteiger partial charge in [-0.05, 0) is 12.5 Å². The predicted octanol–water partition coefficient (Wildman–Crippen LogP) is 1.31. The summed E-state index contributed by atoms with van der Waals surface area (Å²) in [4.78, 5) is 11.5. The summed E-state index contributed by atoms with van der Waals surface area (Å²) in [5, 5.41) is 0. The van der Waals surface area contributed by atoms with Crippen molar-refractivity contribution in [3.8, 4) is 0 Å². The van der Waals surface area contributed by atoms with Crippen molar-refractivity contribution in [2.75, 3.05) is 0 Å². The minimum atomic E-state index is -0.247. The van der Waals surface area contributed by atoms with E-state index in [1.165, 1.54) is 0 Å². The van der Waals surface area contributed by atoms with Crippen LogP contribution in [-0.4, -0.2) is 18.0 Å². The molecule has 1 fully saturated rings. The first-order valence-electron chi connectivity index (χ1n) is 3.98. The molecule has 2 nitrogen and oxygen atoms in total. The Labute approximate surface area is 66.2 Å². The smallest absolute Gasteiger partial charge is 0.171 e. The maximum absolute atomic E-state index is 11.5. The lowest BCUT2D eigenvalue weighted by molar-refractivity contribution is -0.146. The monoisotopic (exact) mass is 152 g/mol. The Morgan fingerprint density at radius 1 is 1.55 bits per heavy atom. The molecular weight excluding hydrogens is 140 g/mol. The standard InChI is InChI=1S/C9H12O2/c1-9(2)5-6-3-4-7(11-6)8(9)10/h3-4,6-7H,5H2,1-2H3. The Morgan fingerprint density at radius 3 is 3.00 bits per heavy atom. The maximum Gasteiger partial charge on any atom is 0.171 e. The highest BCUT2D eigenvalue weighted by Crippen LogP contribution is 2.36. The average molecular weight is 152 g/mol. The number of hydrogen-bond acceptors (Lipinski definition) is 2. The summed E-state index contributed by atoms with van der Waals surface area (Å²) in [6.07, 6.45) is 4.65. The van der Waals surface area contributed by atoms with Crippen LogP contribution in [-0.2, 0) is 9.53 Å². The molecule has 2 unspecified atom stereocenters. The minimum Gasteiger partial charge on any atom is -0.359 e. The first-order valence-corrected chi connectivity index (χ1v) is 3.98. The number of ketones is 1. The summed E-state index contributed by atoms with van der Waals surface area (Å²) in [6, 6.07) is 0. The third kappa shape index (κ3) is 0.932. The summed E-state index contributed by atoms with van der Waals surface area (Å²) >= 11 is 0. The molecule has 0 amide bonds. The Morgan fingerprint density at radius 2 is 2.27 bits per heavy atom. The van der Waals surface area contributed by atoms with E-state index in [1.54, 1.807) is 0 Å². The van der Waals surface area contributed by atoms with Gasteiger partial charge in [0.2, 0.25) is 0 Å². The van der Waals surface area contributed by atoms with Gasteiger partial charge >= 0.3 is 0 Å². The van der Waals surface area contributed by atoms with Crippen molar-refractivity contribution in [3.05, 3.63) is 12.2 Å². The van der Waals surface area contributed by atoms with Crippen LogP contribution in [0, 0.1) is 5.41 Å². The largest absolute Gasteiger partial charge is 0.359 e. The molecule has 0 spiro atoms. The van der Waals surface area contributed by atoms with Crippen molar-refractivity contribution in [3.63, 3.8) is 0 Å². The zero-order valence-corrected chi connectivity index (χ0v) is 6.83. The highest BCUT2D eigenvalue weighted by atomic mass is 16.5. The first kappa shape index (κ1) is 7.04. The zero-order chi connectivity index (χ0) is 8.06. The number of Topliss-reactive ketones (excluding diaryl/α,β-unsaturated/α-hetero) is 1. The van der Waals surface area contributed by atoms with Crippen molar-refractivity contribution >= 4 is 5.78 Å². The Hall–Kier alpha value is -0.630. The molecule has 2 bridgehead atoms. The van der Waals surface area contributed by atoms with E-state index in [1.807, 2.05) is 26.0 Å². The molecule has 11 heavy (non-hydrogen) atoms. The van der Waals surface area contributed by atoms with Gasteiger partial charge in [-0.3, -0.25) is 4.79 Å². The third-order valence-corrected chi connectivity index (χ3v) is 2.46. The number of carbonyl (C=O) groups excluding carboxylic acids is 1. The van der Waals surface area contributed by atoms with Crippen LogP contribution in [0.4, 0.5) is 0 Å². The summed E-state index contributed by atoms with van der Waals surface area (Å²) in [7, 11) is 0. The van der Waals surface area contributed by atoms with Crippen molar-refractivity contribution < 1.29 is 9.53 Å². The fraction of sp³-hybridized carbons (Fsp3) is 0.667. The van der Waals surface area contributed by atoms with Gasteiger partial charge < -0.3 is 4.74 Å². The molecule has 2 aliphatic heterocycles. The molecule has 0 aromatic rings. The molecule has 0 aromatic heterocycles. The lowest BCUT2D eigenvalue weighted by Gasteiger charge is -2.32. The zero-order valence-electron chi connectivity index (χ0n) is 6.83. The van der Waals surface area contributed by atoms with Gasteiger partial charge in [0.15, 0.2) is 5.78 Å². The normalized spacial score (nSPS) is 39.6. The summed E-state index contributed by atoms with van der Waals surface area (Å²) < 4.78 is 5.38. The number of hydrogen-bond donors (Lipinski definition) is 0. The quantitative estimate of drug-likeness (QED) is 0.489. The Balaban J connectivity index is 2.30. The molecule has 0 aliphatic carbocycles. The van der Waals surface area contributed by atoms with E-state index in [2.05, 4.69) is 0 Å². The van der Waals surface area contributed by atoms with Crippen molar-refractivity contribution in [2.45, 2.75) is 32.5 Å². The highest BCUT2D eigenvalue weighted by molar-refractivity contribution is 5.91. The molecule has 0 N–H and O–H groups in total. The van der Waals surface area contributed by atoms with Crippen LogP contribution < -0.4 is 0 Å². The van der Waals surface area contributed by atoms with Gasteiger partial charge in [0.1, 0.15) is 6.10 Å². The van der Waals surface area contributed by atoms with Crippen LogP contribution >= 0.6 is 0 Å². The fourth-order valence-corrected chi connectivity index (χ4v) is 1.76. The van der Waals surface area contributed by atoms with Crippen LogP contribution in [0.2, 0.25) is 0 Å². The van der Waals surface area contributed by atoms with Crippen molar-refractivity contribution in [1.29, 1.82) is 0 Å². The van der Waals surface area contributed by atoms with Crippen molar-refractivity contribution in [1.82, 2.24) is 0 Å². The summed E-state index contributed by atoms with van der Waals surface area (Å²) in [5.74, 6) is 0.225. The fourth-order valence-electron chi connectivity index (χ4n) is 1.76. The lowest BCUT2D eigenvalue weighted by Crippen LogP contribution is -2.41. The summed E-state index contributed by atoms with van der Waals surface area (Å²) in [6.45, 7) is 3.98. The van der Waals surface area contributed by atoms with Gasteiger partial charge in [-0.15, -0.1) is 0 Å². The predicted molar refractivity (Wildman–Crippen MR) is 41.2 cm³/mol. The van der Waals surface area contributed by atoms with Crippen LogP contribution in [0.15, 0.2) is 12.2 Å². The second-order valence-electron chi connectivity index (χ2n) is 3.93. The van der Waals surface area contributed by atoms with E-state index in [0.717, 1.165) is 6.42 Å². The van der Waals surface area contributed by atoms with Crippen LogP contribution in [0.25, 0.3) is 0 Å². The average Bonchev–Trinajstić information content (AvgIpc) is 2.29. The third-order valence-electron chi connectivity index (χ3n) is 2.46.